The Labute approximate surface area is 154 Å². The average Bonchev–Trinajstić information content (AvgIpc) is 2.92. The Bertz CT molecular complexity index is 686. The zero-order chi connectivity index (χ0) is 18.9. The van der Waals surface area contributed by atoms with Crippen LogP contribution in [0.2, 0.25) is 0 Å². The Morgan fingerprint density at radius 3 is 2.50 bits per heavy atom. The zero-order valence-electron chi connectivity index (χ0n) is 15.9. The fraction of sp³-hybridized carbons (Fsp3) is 0.650. The first-order chi connectivity index (χ1) is 12.2. The van der Waals surface area contributed by atoms with E-state index < -0.39 is 4.92 Å². The van der Waals surface area contributed by atoms with Gasteiger partial charge in [-0.05, 0) is 54.6 Å². The lowest BCUT2D eigenvalue weighted by Crippen LogP contribution is -2.46. The summed E-state index contributed by atoms with van der Waals surface area (Å²) in [5.74, 6) is 0.853. The summed E-state index contributed by atoms with van der Waals surface area (Å²) in [7, 11) is 0. The second kappa shape index (κ2) is 6.89. The minimum absolute atomic E-state index is 0.0807. The van der Waals surface area contributed by atoms with E-state index in [1.54, 1.807) is 12.1 Å². The summed E-state index contributed by atoms with van der Waals surface area (Å²) < 4.78 is 0. The molecule has 0 spiro atoms. The van der Waals surface area contributed by atoms with Crippen molar-refractivity contribution in [3.05, 3.63) is 34.4 Å². The first-order valence-electron chi connectivity index (χ1n) is 9.52. The number of non-ortho nitro benzene ring substituents is 1. The van der Waals surface area contributed by atoms with Gasteiger partial charge in [-0.1, -0.05) is 20.8 Å². The van der Waals surface area contributed by atoms with E-state index in [9.17, 15) is 14.9 Å². The van der Waals surface area contributed by atoms with Gasteiger partial charge in [0.15, 0.2) is 0 Å². The fourth-order valence-corrected chi connectivity index (χ4v) is 4.87. The lowest BCUT2D eigenvalue weighted by molar-refractivity contribution is -0.384. The van der Waals surface area contributed by atoms with Crippen molar-refractivity contribution in [3.63, 3.8) is 0 Å². The molecule has 3 rings (SSSR count). The first-order valence-corrected chi connectivity index (χ1v) is 9.52. The number of nitrogens with one attached hydrogen (secondary N) is 2. The fourth-order valence-electron chi connectivity index (χ4n) is 4.87. The molecule has 0 heterocycles. The van der Waals surface area contributed by atoms with Crippen molar-refractivity contribution < 1.29 is 9.72 Å². The topological polar surface area (TPSA) is 84.3 Å². The maximum absolute atomic E-state index is 12.3. The maximum Gasteiger partial charge on any atom is 0.269 e. The largest absolute Gasteiger partial charge is 0.385 e. The monoisotopic (exact) mass is 359 g/mol. The van der Waals surface area contributed by atoms with Crippen LogP contribution < -0.4 is 10.6 Å². The number of carbonyl (C=O) groups excluding carboxylic acids is 1. The molecule has 3 atom stereocenters. The van der Waals surface area contributed by atoms with Crippen LogP contribution in [0.25, 0.3) is 0 Å². The van der Waals surface area contributed by atoms with Crippen molar-refractivity contribution in [2.24, 2.45) is 16.7 Å². The molecular weight excluding hydrogens is 330 g/mol. The number of anilines is 1. The number of fused-ring (bicyclic) bond motifs is 2. The average molecular weight is 359 g/mol. The van der Waals surface area contributed by atoms with Gasteiger partial charge in [-0.3, -0.25) is 14.9 Å². The van der Waals surface area contributed by atoms with E-state index in [2.05, 4.69) is 31.4 Å². The Hall–Kier alpha value is -2.11. The summed E-state index contributed by atoms with van der Waals surface area (Å²) in [6.07, 6.45) is 4.83. The van der Waals surface area contributed by atoms with E-state index in [4.69, 9.17) is 0 Å². The van der Waals surface area contributed by atoms with Crippen LogP contribution in [0.1, 0.15) is 52.9 Å². The van der Waals surface area contributed by atoms with Crippen LogP contribution in [-0.2, 0) is 4.79 Å². The van der Waals surface area contributed by atoms with E-state index in [1.165, 1.54) is 25.0 Å². The molecule has 2 N–H and O–H groups in total. The molecule has 26 heavy (non-hydrogen) atoms. The Morgan fingerprint density at radius 1 is 1.27 bits per heavy atom. The predicted molar refractivity (Wildman–Crippen MR) is 102 cm³/mol. The van der Waals surface area contributed by atoms with Crippen molar-refractivity contribution >= 4 is 17.3 Å². The highest BCUT2D eigenvalue weighted by atomic mass is 16.6. The summed E-state index contributed by atoms with van der Waals surface area (Å²) >= 11 is 0. The smallest absolute Gasteiger partial charge is 0.269 e. The second-order valence-corrected chi connectivity index (χ2v) is 8.56. The van der Waals surface area contributed by atoms with E-state index in [-0.39, 0.29) is 17.0 Å². The van der Waals surface area contributed by atoms with E-state index in [1.807, 2.05) is 0 Å². The normalized spacial score (nSPS) is 28.7. The lowest BCUT2D eigenvalue weighted by Gasteiger charge is -2.39. The van der Waals surface area contributed by atoms with Crippen LogP contribution in [-0.4, -0.2) is 23.4 Å². The predicted octanol–water partition coefficient (Wildman–Crippen LogP) is 4.12. The maximum atomic E-state index is 12.3. The summed E-state index contributed by atoms with van der Waals surface area (Å²) in [6.45, 7) is 7.71. The van der Waals surface area contributed by atoms with Crippen LogP contribution in [0.3, 0.4) is 0 Å². The molecule has 2 fully saturated rings. The van der Waals surface area contributed by atoms with Crippen LogP contribution in [0.4, 0.5) is 11.4 Å². The molecule has 0 aromatic heterocycles. The molecule has 0 radical (unpaired) electrons. The Kier molecular flexibility index (Phi) is 4.95. The van der Waals surface area contributed by atoms with Crippen molar-refractivity contribution in [2.75, 3.05) is 11.9 Å². The number of nitrogens with zero attached hydrogens (tertiary/aromatic N) is 1. The van der Waals surface area contributed by atoms with Gasteiger partial charge in [0.25, 0.3) is 5.69 Å². The number of carbonyl (C=O) groups is 1. The highest BCUT2D eigenvalue weighted by molar-refractivity contribution is 5.76. The van der Waals surface area contributed by atoms with Gasteiger partial charge in [0.2, 0.25) is 5.91 Å². The van der Waals surface area contributed by atoms with Gasteiger partial charge in [0.05, 0.1) is 4.92 Å². The lowest BCUT2D eigenvalue weighted by atomic mass is 9.69. The molecule has 2 aliphatic rings. The number of hydrogen-bond donors (Lipinski definition) is 2. The standard InChI is InChI=1S/C20H29N3O3/c1-19(2)14-10-11-20(19,3)17(13-14)22-18(24)5-4-12-21-15-6-8-16(9-7-15)23(25)26/h6-9,14,17,21H,4-5,10-13H2,1-3H3,(H,22,24). The molecule has 0 saturated heterocycles. The van der Waals surface area contributed by atoms with E-state index in [0.29, 0.717) is 24.4 Å². The molecule has 6 nitrogen and oxygen atoms in total. The highest BCUT2D eigenvalue weighted by Gasteiger charge is 2.61. The number of amides is 1. The molecule has 1 aromatic rings. The van der Waals surface area contributed by atoms with Gasteiger partial charge in [0.1, 0.15) is 0 Å². The zero-order valence-corrected chi connectivity index (χ0v) is 15.9. The van der Waals surface area contributed by atoms with Crippen LogP contribution >= 0.6 is 0 Å². The van der Waals surface area contributed by atoms with Crippen molar-refractivity contribution in [1.29, 1.82) is 0 Å². The van der Waals surface area contributed by atoms with Crippen molar-refractivity contribution in [1.82, 2.24) is 5.32 Å². The summed E-state index contributed by atoms with van der Waals surface area (Å²) in [4.78, 5) is 22.6. The van der Waals surface area contributed by atoms with Crippen LogP contribution in [0.15, 0.2) is 24.3 Å². The number of rotatable bonds is 7. The number of benzene rings is 1. The highest BCUT2D eigenvalue weighted by Crippen LogP contribution is 2.65. The van der Waals surface area contributed by atoms with Gasteiger partial charge in [-0.25, -0.2) is 0 Å². The van der Waals surface area contributed by atoms with Gasteiger partial charge >= 0.3 is 0 Å². The third-order valence-corrected chi connectivity index (χ3v) is 7.12. The molecular formula is C20H29N3O3. The minimum Gasteiger partial charge on any atom is -0.385 e. The van der Waals surface area contributed by atoms with E-state index >= 15 is 0 Å². The summed E-state index contributed by atoms with van der Waals surface area (Å²) in [5.41, 5.74) is 1.43. The third-order valence-electron chi connectivity index (χ3n) is 7.12. The van der Waals surface area contributed by atoms with Crippen molar-refractivity contribution in [2.45, 2.75) is 58.9 Å². The third kappa shape index (κ3) is 3.29. The number of hydrogen-bond acceptors (Lipinski definition) is 4. The van der Waals surface area contributed by atoms with Crippen LogP contribution in [0.5, 0.6) is 0 Å². The Morgan fingerprint density at radius 2 is 1.96 bits per heavy atom. The summed E-state index contributed by atoms with van der Waals surface area (Å²) in [6, 6.07) is 6.64. The van der Waals surface area contributed by atoms with Crippen LogP contribution in [0, 0.1) is 26.9 Å². The van der Waals surface area contributed by atoms with Gasteiger partial charge in [-0.15, -0.1) is 0 Å². The molecule has 6 heteroatoms. The molecule has 2 aliphatic carbocycles. The summed E-state index contributed by atoms with van der Waals surface area (Å²) in [5, 5.41) is 17.1. The molecule has 2 saturated carbocycles. The SMILES string of the molecule is CC1(C)C2CCC1(C)C(NC(=O)CCCNc1ccc([N+](=O)[O-])cc1)C2. The molecule has 0 aliphatic heterocycles. The van der Waals surface area contributed by atoms with E-state index in [0.717, 1.165) is 24.4 Å². The Balaban J connectivity index is 1.41. The van der Waals surface area contributed by atoms with Gasteiger partial charge in [0, 0.05) is 36.8 Å². The molecule has 1 aromatic carbocycles. The number of nitro groups is 1. The first kappa shape index (κ1) is 18.7. The molecule has 2 bridgehead atoms. The minimum atomic E-state index is -0.411. The molecule has 3 unspecified atom stereocenters. The van der Waals surface area contributed by atoms with Crippen molar-refractivity contribution in [3.8, 4) is 0 Å². The quantitative estimate of drug-likeness (QED) is 0.436. The van der Waals surface area contributed by atoms with Gasteiger partial charge < -0.3 is 10.6 Å². The van der Waals surface area contributed by atoms with Gasteiger partial charge in [-0.2, -0.15) is 0 Å². The molecule has 1 amide bonds. The number of nitro benzene ring substituents is 1. The molecule has 142 valence electrons. The second-order valence-electron chi connectivity index (χ2n) is 8.56.